The number of nitrogens with zero attached hydrogens (tertiary/aromatic N) is 4. The molecular weight excluding hydrogens is 396 g/mol. The number of Topliss-reactive ketones (excluding diaryl/α,β-unsaturated/α-hetero) is 1. The highest BCUT2D eigenvalue weighted by Crippen LogP contribution is 2.35. The van der Waals surface area contributed by atoms with Gasteiger partial charge in [-0.05, 0) is 13.3 Å². The van der Waals surface area contributed by atoms with Crippen molar-refractivity contribution >= 4 is 17.5 Å². The summed E-state index contributed by atoms with van der Waals surface area (Å²) in [5.74, 6) is -2.66. The number of aromatic nitrogens is 2. The maximum Gasteiger partial charge on any atom is 0.408 e. The fourth-order valence-electron chi connectivity index (χ4n) is 3.58. The van der Waals surface area contributed by atoms with Crippen LogP contribution in [-0.4, -0.2) is 59.9 Å². The minimum absolute atomic E-state index is 0.252. The number of carbonyl (C=O) groups excluding carboxylic acids is 1. The van der Waals surface area contributed by atoms with Crippen LogP contribution in [0, 0.1) is 11.7 Å². The Hall–Kier alpha value is -2.17. The third-order valence-corrected chi connectivity index (χ3v) is 5.32. The van der Waals surface area contributed by atoms with E-state index < -0.39 is 48.3 Å². The molecule has 11 heteroatoms. The SMILES string of the molecule is CC(C)C(=O)CN1c2nc(N3CCOC[C@@H]3C)c(F)c(=O)n2CC[C@H]1C(F)(F)F. The molecule has 2 aliphatic heterocycles. The van der Waals surface area contributed by atoms with E-state index in [0.29, 0.717) is 0 Å². The minimum Gasteiger partial charge on any atom is -0.377 e. The van der Waals surface area contributed by atoms with Gasteiger partial charge in [-0.15, -0.1) is 0 Å². The van der Waals surface area contributed by atoms with E-state index in [1.807, 2.05) is 0 Å². The van der Waals surface area contributed by atoms with E-state index in [9.17, 15) is 27.2 Å². The lowest BCUT2D eigenvalue weighted by Gasteiger charge is -2.40. The Morgan fingerprint density at radius 2 is 2.00 bits per heavy atom. The summed E-state index contributed by atoms with van der Waals surface area (Å²) in [7, 11) is 0. The van der Waals surface area contributed by atoms with Crippen molar-refractivity contribution in [1.29, 1.82) is 0 Å². The molecule has 3 rings (SSSR count). The summed E-state index contributed by atoms with van der Waals surface area (Å²) < 4.78 is 62.0. The third-order valence-electron chi connectivity index (χ3n) is 5.32. The van der Waals surface area contributed by atoms with Gasteiger partial charge in [-0.1, -0.05) is 13.8 Å². The van der Waals surface area contributed by atoms with Crippen LogP contribution in [0.5, 0.6) is 0 Å². The Bertz CT molecular complexity index is 840. The first-order chi connectivity index (χ1) is 13.5. The summed E-state index contributed by atoms with van der Waals surface area (Å²) in [5, 5.41) is 0. The number of anilines is 2. The molecule has 0 amide bonds. The third kappa shape index (κ3) is 4.10. The van der Waals surface area contributed by atoms with Crippen LogP contribution in [0.2, 0.25) is 0 Å². The van der Waals surface area contributed by atoms with Gasteiger partial charge in [-0.25, -0.2) is 0 Å². The normalized spacial score (nSPS) is 22.8. The van der Waals surface area contributed by atoms with Crippen LogP contribution in [0.15, 0.2) is 4.79 Å². The van der Waals surface area contributed by atoms with E-state index in [-0.39, 0.29) is 44.1 Å². The van der Waals surface area contributed by atoms with Crippen molar-refractivity contribution in [1.82, 2.24) is 9.55 Å². The second kappa shape index (κ2) is 7.92. The first kappa shape index (κ1) is 21.5. The molecule has 2 aliphatic rings. The number of hydrogen-bond donors (Lipinski definition) is 0. The summed E-state index contributed by atoms with van der Waals surface area (Å²) in [6, 6.07) is -2.28. The number of fused-ring (bicyclic) bond motifs is 1. The molecule has 0 bridgehead atoms. The van der Waals surface area contributed by atoms with E-state index in [0.717, 1.165) is 9.47 Å². The zero-order valence-corrected chi connectivity index (χ0v) is 16.5. The van der Waals surface area contributed by atoms with Crippen molar-refractivity contribution in [3.8, 4) is 0 Å². The van der Waals surface area contributed by atoms with Crippen LogP contribution in [-0.2, 0) is 16.1 Å². The fourth-order valence-corrected chi connectivity index (χ4v) is 3.58. The standard InChI is InChI=1S/C18H24F4N4O3/c1-10(2)12(27)8-26-13(18(20,21)22)4-5-25-16(28)14(19)15(23-17(25)26)24-6-7-29-9-11(24)3/h10-11,13H,4-9H2,1-3H3/t11-,13-/m0/s1. The average Bonchev–Trinajstić information content (AvgIpc) is 2.64. The Morgan fingerprint density at radius 1 is 1.31 bits per heavy atom. The topological polar surface area (TPSA) is 67.7 Å². The Labute approximate surface area is 165 Å². The lowest BCUT2D eigenvalue weighted by atomic mass is 10.1. The van der Waals surface area contributed by atoms with Crippen molar-refractivity contribution in [3.63, 3.8) is 0 Å². The van der Waals surface area contributed by atoms with Gasteiger partial charge >= 0.3 is 6.18 Å². The van der Waals surface area contributed by atoms with E-state index in [1.165, 1.54) is 4.90 Å². The number of morpholine rings is 1. The number of ketones is 1. The molecule has 3 heterocycles. The molecule has 0 N–H and O–H groups in total. The predicted octanol–water partition coefficient (Wildman–Crippen LogP) is 1.97. The molecule has 0 unspecified atom stereocenters. The lowest BCUT2D eigenvalue weighted by molar-refractivity contribution is -0.153. The molecule has 0 aromatic carbocycles. The van der Waals surface area contributed by atoms with Crippen LogP contribution >= 0.6 is 0 Å². The van der Waals surface area contributed by atoms with Gasteiger partial charge in [0.1, 0.15) is 6.04 Å². The van der Waals surface area contributed by atoms with Gasteiger partial charge in [0.15, 0.2) is 11.6 Å². The highest BCUT2D eigenvalue weighted by atomic mass is 19.4. The molecule has 162 valence electrons. The van der Waals surface area contributed by atoms with Crippen LogP contribution in [0.1, 0.15) is 27.2 Å². The van der Waals surface area contributed by atoms with Crippen LogP contribution in [0.3, 0.4) is 0 Å². The van der Waals surface area contributed by atoms with Gasteiger partial charge in [0.2, 0.25) is 11.8 Å². The molecule has 7 nitrogen and oxygen atoms in total. The molecule has 0 radical (unpaired) electrons. The van der Waals surface area contributed by atoms with Crippen LogP contribution < -0.4 is 15.4 Å². The second-order valence-electron chi connectivity index (χ2n) is 7.72. The molecule has 0 spiro atoms. The molecule has 0 aliphatic carbocycles. The Balaban J connectivity index is 2.13. The van der Waals surface area contributed by atoms with Crippen molar-refractivity contribution in [3.05, 3.63) is 16.2 Å². The number of carbonyl (C=O) groups is 1. The number of halogens is 4. The summed E-state index contributed by atoms with van der Waals surface area (Å²) in [6.07, 6.45) is -5.09. The van der Waals surface area contributed by atoms with Gasteiger partial charge in [-0.3, -0.25) is 14.2 Å². The lowest BCUT2D eigenvalue weighted by Crippen LogP contribution is -2.55. The smallest absolute Gasteiger partial charge is 0.377 e. The van der Waals surface area contributed by atoms with E-state index in [4.69, 9.17) is 4.74 Å². The molecule has 1 aromatic heterocycles. The molecule has 29 heavy (non-hydrogen) atoms. The monoisotopic (exact) mass is 420 g/mol. The zero-order chi connectivity index (χ0) is 21.5. The minimum atomic E-state index is -4.62. The zero-order valence-electron chi connectivity index (χ0n) is 16.5. The summed E-state index contributed by atoms with van der Waals surface area (Å²) >= 11 is 0. The van der Waals surface area contributed by atoms with Crippen molar-refractivity contribution < 1.29 is 27.1 Å². The van der Waals surface area contributed by atoms with Crippen LogP contribution in [0.25, 0.3) is 0 Å². The van der Waals surface area contributed by atoms with E-state index >= 15 is 0 Å². The summed E-state index contributed by atoms with van der Waals surface area (Å²) in [6.45, 7) is 4.84. The van der Waals surface area contributed by atoms with E-state index in [1.54, 1.807) is 20.8 Å². The largest absolute Gasteiger partial charge is 0.408 e. The van der Waals surface area contributed by atoms with E-state index in [2.05, 4.69) is 4.98 Å². The Morgan fingerprint density at radius 3 is 2.59 bits per heavy atom. The summed E-state index contributed by atoms with van der Waals surface area (Å²) in [5.41, 5.74) is -1.04. The van der Waals surface area contributed by atoms with Crippen molar-refractivity contribution in [2.75, 3.05) is 36.1 Å². The van der Waals surface area contributed by atoms with Crippen molar-refractivity contribution in [2.24, 2.45) is 5.92 Å². The number of ether oxygens (including phenoxy) is 1. The van der Waals surface area contributed by atoms with Gasteiger partial charge in [0, 0.05) is 19.0 Å². The molecule has 1 fully saturated rings. The second-order valence-corrected chi connectivity index (χ2v) is 7.72. The Kier molecular flexibility index (Phi) is 5.88. The molecular formula is C18H24F4N4O3. The average molecular weight is 420 g/mol. The molecule has 1 saturated heterocycles. The van der Waals surface area contributed by atoms with Gasteiger partial charge in [-0.2, -0.15) is 22.5 Å². The molecule has 2 atom stereocenters. The van der Waals surface area contributed by atoms with Gasteiger partial charge in [0.05, 0.1) is 25.8 Å². The van der Waals surface area contributed by atoms with Gasteiger partial charge < -0.3 is 14.5 Å². The highest BCUT2D eigenvalue weighted by Gasteiger charge is 2.48. The quantitative estimate of drug-likeness (QED) is 0.694. The van der Waals surface area contributed by atoms with Gasteiger partial charge in [0.25, 0.3) is 5.56 Å². The molecule has 0 saturated carbocycles. The number of alkyl halides is 3. The first-order valence-corrected chi connectivity index (χ1v) is 9.53. The highest BCUT2D eigenvalue weighted by molar-refractivity contribution is 5.85. The summed E-state index contributed by atoms with van der Waals surface area (Å²) in [4.78, 5) is 31.3. The maximum atomic E-state index is 14.8. The number of hydrogen-bond acceptors (Lipinski definition) is 6. The van der Waals surface area contributed by atoms with Crippen LogP contribution in [0.4, 0.5) is 29.3 Å². The fraction of sp³-hybridized carbons (Fsp3) is 0.722. The first-order valence-electron chi connectivity index (χ1n) is 9.53. The number of rotatable bonds is 4. The molecule has 1 aromatic rings. The predicted molar refractivity (Wildman–Crippen MR) is 97.7 cm³/mol. The van der Waals surface area contributed by atoms with Crippen molar-refractivity contribution in [2.45, 2.75) is 52.0 Å². The maximum absolute atomic E-state index is 14.8.